The first-order chi connectivity index (χ1) is 26.2. The zero-order valence-electron chi connectivity index (χ0n) is 30.0. The van der Waals surface area contributed by atoms with Crippen molar-refractivity contribution in [2.75, 3.05) is 4.90 Å². The van der Waals surface area contributed by atoms with Gasteiger partial charge in [0.2, 0.25) is 0 Å². The molecule has 53 heavy (non-hydrogen) atoms. The minimum atomic E-state index is 0.248. The largest absolute Gasteiger partial charge is 0.338 e. The number of allylic oxidation sites excluding steroid dienone is 8. The predicted octanol–water partition coefficient (Wildman–Crippen LogP) is 13.0. The van der Waals surface area contributed by atoms with Crippen molar-refractivity contribution in [3.63, 3.8) is 0 Å². The molecule has 0 saturated carbocycles. The molecule has 1 nitrogen and oxygen atoms in total. The van der Waals surface area contributed by atoms with Gasteiger partial charge in [-0.05, 0) is 116 Å². The number of hydrogen-bond acceptors (Lipinski definition) is 1. The highest BCUT2D eigenvalue weighted by Gasteiger charge is 2.29. The molecule has 6 aromatic rings. The maximum absolute atomic E-state index is 2.62. The molecule has 4 aliphatic carbocycles. The van der Waals surface area contributed by atoms with E-state index in [4.69, 9.17) is 0 Å². The zero-order chi connectivity index (χ0) is 35.1. The first kappa shape index (κ1) is 31.8. The molecule has 0 aliphatic heterocycles. The van der Waals surface area contributed by atoms with E-state index in [1.807, 2.05) is 0 Å². The second-order valence-corrected chi connectivity index (χ2v) is 15.2. The van der Waals surface area contributed by atoms with Crippen molar-refractivity contribution in [1.29, 1.82) is 0 Å². The standard InChI is InChI=1S/C52H43N/c1-2-9-36(10-3-1)38-23-28-47(29-24-38)53(49-15-8-14-43(35-49)45-21-17-37-11-4-5-13-42(37)33-45)48-30-25-39(26-31-48)44-27-32-51-46(34-44)22-20-41-19-18-40-12-6-7-16-50(40)52(41)51/h1-30,32,43-45,48H,31,33-35H2. The van der Waals surface area contributed by atoms with Crippen molar-refractivity contribution in [2.45, 2.75) is 31.7 Å². The summed E-state index contributed by atoms with van der Waals surface area (Å²) in [5.74, 6) is 1.34. The van der Waals surface area contributed by atoms with Crippen molar-refractivity contribution in [1.82, 2.24) is 0 Å². The summed E-state index contributed by atoms with van der Waals surface area (Å²) in [6, 6.07) is 47.1. The van der Waals surface area contributed by atoms with Gasteiger partial charge < -0.3 is 4.90 Å². The highest BCUT2D eigenvalue weighted by molar-refractivity contribution is 6.11. The Balaban J connectivity index is 0.928. The van der Waals surface area contributed by atoms with Crippen LogP contribution in [-0.2, 0) is 12.8 Å². The molecule has 0 saturated heterocycles. The van der Waals surface area contributed by atoms with Crippen LogP contribution >= 0.6 is 0 Å². The summed E-state index contributed by atoms with van der Waals surface area (Å²) >= 11 is 0. The molecule has 10 rings (SSSR count). The highest BCUT2D eigenvalue weighted by Crippen LogP contribution is 2.40. The SMILES string of the molecule is C1=CC(C2C=Cc3ccccc3C2)CC(N(c2ccc(-c3ccccc3)cc2)C2C=CC(C3C=Cc4c(ccc5ccc6ccccc6c45)C3)=CC2)=C1. The second kappa shape index (κ2) is 13.6. The fraction of sp³-hybridized carbons (Fsp3) is 0.154. The van der Waals surface area contributed by atoms with Crippen molar-refractivity contribution < 1.29 is 0 Å². The summed E-state index contributed by atoms with van der Waals surface area (Å²) in [4.78, 5) is 2.62. The summed E-state index contributed by atoms with van der Waals surface area (Å²) in [6.45, 7) is 0. The molecule has 4 aliphatic rings. The van der Waals surface area contributed by atoms with Crippen molar-refractivity contribution in [2.24, 2.45) is 17.8 Å². The van der Waals surface area contributed by atoms with Crippen LogP contribution in [0.4, 0.5) is 5.69 Å². The van der Waals surface area contributed by atoms with Crippen molar-refractivity contribution in [3.05, 3.63) is 210 Å². The second-order valence-electron chi connectivity index (χ2n) is 15.2. The number of benzene rings is 6. The smallest absolute Gasteiger partial charge is 0.0556 e. The van der Waals surface area contributed by atoms with Gasteiger partial charge in [-0.2, -0.15) is 0 Å². The number of anilines is 1. The van der Waals surface area contributed by atoms with Crippen LogP contribution in [0, 0.1) is 17.8 Å². The summed E-state index contributed by atoms with van der Waals surface area (Å²) < 4.78 is 0. The fourth-order valence-electron chi connectivity index (χ4n) is 9.28. The minimum absolute atomic E-state index is 0.248. The van der Waals surface area contributed by atoms with Crippen LogP contribution in [0.5, 0.6) is 0 Å². The predicted molar refractivity (Wildman–Crippen MR) is 226 cm³/mol. The normalized spacial score (nSPS) is 21.6. The number of rotatable bonds is 6. The van der Waals surface area contributed by atoms with E-state index in [0.29, 0.717) is 17.8 Å². The Bertz CT molecular complexity index is 2520. The first-order valence-electron chi connectivity index (χ1n) is 19.3. The van der Waals surface area contributed by atoms with Crippen LogP contribution in [0.15, 0.2) is 187 Å². The molecule has 0 fully saturated rings. The van der Waals surface area contributed by atoms with Gasteiger partial charge in [-0.25, -0.2) is 0 Å². The molecule has 4 atom stereocenters. The van der Waals surface area contributed by atoms with Gasteiger partial charge in [0.05, 0.1) is 6.04 Å². The van der Waals surface area contributed by atoms with Gasteiger partial charge in [-0.3, -0.25) is 0 Å². The lowest BCUT2D eigenvalue weighted by Crippen LogP contribution is -2.36. The summed E-state index contributed by atoms with van der Waals surface area (Å²) in [7, 11) is 0. The van der Waals surface area contributed by atoms with Crippen LogP contribution in [-0.4, -0.2) is 6.04 Å². The van der Waals surface area contributed by atoms with Crippen LogP contribution in [0.1, 0.15) is 35.1 Å². The lowest BCUT2D eigenvalue weighted by molar-refractivity contribution is 0.455. The molecular formula is C52H43N. The monoisotopic (exact) mass is 681 g/mol. The molecule has 256 valence electrons. The Kier molecular flexibility index (Phi) is 8.14. The molecule has 1 heteroatoms. The summed E-state index contributed by atoms with van der Waals surface area (Å²) in [6.07, 6.45) is 28.3. The minimum Gasteiger partial charge on any atom is -0.338 e. The highest BCUT2D eigenvalue weighted by atomic mass is 15.2. The van der Waals surface area contributed by atoms with E-state index in [2.05, 4.69) is 193 Å². The van der Waals surface area contributed by atoms with E-state index in [-0.39, 0.29) is 6.04 Å². The molecule has 6 aromatic carbocycles. The third-order valence-corrected chi connectivity index (χ3v) is 12.1. The molecule has 0 bridgehead atoms. The van der Waals surface area contributed by atoms with E-state index >= 15 is 0 Å². The van der Waals surface area contributed by atoms with E-state index in [1.165, 1.54) is 71.9 Å². The Hall–Kier alpha value is -5.92. The van der Waals surface area contributed by atoms with E-state index < -0.39 is 0 Å². The van der Waals surface area contributed by atoms with Crippen LogP contribution < -0.4 is 4.90 Å². The van der Waals surface area contributed by atoms with Crippen molar-refractivity contribution >= 4 is 39.4 Å². The molecule has 0 amide bonds. The zero-order valence-corrected chi connectivity index (χ0v) is 30.0. The molecule has 0 N–H and O–H groups in total. The third-order valence-electron chi connectivity index (χ3n) is 12.1. The Morgan fingerprint density at radius 1 is 0.528 bits per heavy atom. The maximum Gasteiger partial charge on any atom is 0.0556 e. The first-order valence-corrected chi connectivity index (χ1v) is 19.3. The topological polar surface area (TPSA) is 3.24 Å². The van der Waals surface area contributed by atoms with E-state index in [0.717, 1.165) is 25.7 Å². The van der Waals surface area contributed by atoms with Gasteiger partial charge in [-0.15, -0.1) is 0 Å². The Labute approximate surface area is 313 Å². The van der Waals surface area contributed by atoms with Gasteiger partial charge in [0.1, 0.15) is 0 Å². The van der Waals surface area contributed by atoms with Crippen LogP contribution in [0.25, 0.3) is 44.8 Å². The van der Waals surface area contributed by atoms with E-state index in [9.17, 15) is 0 Å². The average Bonchev–Trinajstić information content (AvgIpc) is 3.24. The molecular weight excluding hydrogens is 639 g/mol. The number of fused-ring (bicyclic) bond motifs is 6. The van der Waals surface area contributed by atoms with Gasteiger partial charge in [0, 0.05) is 17.3 Å². The molecule has 0 heterocycles. The van der Waals surface area contributed by atoms with E-state index in [1.54, 1.807) is 0 Å². The Morgan fingerprint density at radius 3 is 2.19 bits per heavy atom. The lowest BCUT2D eigenvalue weighted by atomic mass is 9.77. The van der Waals surface area contributed by atoms with Gasteiger partial charge in [0.25, 0.3) is 0 Å². The molecule has 0 aromatic heterocycles. The quantitative estimate of drug-likeness (QED) is 0.158. The average molecular weight is 682 g/mol. The van der Waals surface area contributed by atoms with Crippen molar-refractivity contribution in [3.8, 4) is 11.1 Å². The fourth-order valence-corrected chi connectivity index (χ4v) is 9.28. The third kappa shape index (κ3) is 6.01. The molecule has 0 radical (unpaired) electrons. The summed E-state index contributed by atoms with van der Waals surface area (Å²) in [5.41, 5.74) is 12.3. The number of nitrogens with zero attached hydrogens (tertiary/aromatic N) is 1. The lowest BCUT2D eigenvalue weighted by Gasteiger charge is -2.39. The molecule has 4 unspecified atom stereocenters. The molecule has 0 spiro atoms. The van der Waals surface area contributed by atoms with Crippen LogP contribution in [0.2, 0.25) is 0 Å². The number of hydrogen-bond donors (Lipinski definition) is 0. The van der Waals surface area contributed by atoms with Gasteiger partial charge in [0.15, 0.2) is 0 Å². The Morgan fingerprint density at radius 2 is 1.30 bits per heavy atom. The summed E-state index contributed by atoms with van der Waals surface area (Å²) in [5, 5.41) is 5.36. The maximum atomic E-state index is 2.62. The van der Waals surface area contributed by atoms with Gasteiger partial charge >= 0.3 is 0 Å². The van der Waals surface area contributed by atoms with Gasteiger partial charge in [-0.1, -0.05) is 170 Å². The van der Waals surface area contributed by atoms with Crippen LogP contribution in [0.3, 0.4) is 0 Å².